The molecule has 2 aromatic rings. The van der Waals surface area contributed by atoms with Crippen molar-refractivity contribution in [3.05, 3.63) is 58.3 Å². The maximum absolute atomic E-state index is 12.0. The van der Waals surface area contributed by atoms with E-state index in [1.165, 1.54) is 24.4 Å². The van der Waals surface area contributed by atoms with E-state index in [-0.39, 0.29) is 18.3 Å². The van der Waals surface area contributed by atoms with Gasteiger partial charge in [0.15, 0.2) is 11.5 Å². The molecule has 0 aliphatic heterocycles. The van der Waals surface area contributed by atoms with Gasteiger partial charge in [-0.3, -0.25) is 10.1 Å². The molecule has 160 valence electrons. The number of nitrogens with zero attached hydrogens (tertiary/aromatic N) is 2. The summed E-state index contributed by atoms with van der Waals surface area (Å²) in [5, 5.41) is 13.8. The topological polar surface area (TPSA) is 113 Å². The number of pyridine rings is 1. The van der Waals surface area contributed by atoms with Gasteiger partial charge in [-0.15, -0.1) is 0 Å². The van der Waals surface area contributed by atoms with Gasteiger partial charge in [-0.25, -0.2) is 9.78 Å². The van der Waals surface area contributed by atoms with Gasteiger partial charge in [0.05, 0.1) is 24.7 Å². The average Bonchev–Trinajstić information content (AvgIpc) is 2.76. The van der Waals surface area contributed by atoms with Crippen molar-refractivity contribution in [2.24, 2.45) is 0 Å². The number of nitrogens with one attached hydrogen (secondary N) is 1. The lowest BCUT2D eigenvalue weighted by molar-refractivity contribution is -0.385. The third-order valence-corrected chi connectivity index (χ3v) is 4.13. The van der Waals surface area contributed by atoms with Crippen molar-refractivity contribution in [1.82, 2.24) is 4.98 Å². The highest BCUT2D eigenvalue weighted by molar-refractivity contribution is 5.87. The minimum atomic E-state index is -0.512. The van der Waals surface area contributed by atoms with Gasteiger partial charge in [-0.05, 0) is 43.2 Å². The zero-order valence-electron chi connectivity index (χ0n) is 17.2. The second-order valence-corrected chi connectivity index (χ2v) is 6.21. The summed E-state index contributed by atoms with van der Waals surface area (Å²) < 4.78 is 16.0. The van der Waals surface area contributed by atoms with E-state index in [0.717, 1.165) is 5.56 Å². The van der Waals surface area contributed by atoms with Crippen LogP contribution in [-0.2, 0) is 9.53 Å². The summed E-state index contributed by atoms with van der Waals surface area (Å²) in [5.41, 5.74) is 0.684. The van der Waals surface area contributed by atoms with Crippen molar-refractivity contribution >= 4 is 23.6 Å². The Bertz CT molecular complexity index is 883. The predicted octanol–water partition coefficient (Wildman–Crippen LogP) is 3.84. The monoisotopic (exact) mass is 415 g/mol. The number of esters is 1. The fourth-order valence-corrected chi connectivity index (χ4v) is 2.51. The van der Waals surface area contributed by atoms with Crippen molar-refractivity contribution in [1.29, 1.82) is 0 Å². The van der Waals surface area contributed by atoms with E-state index in [2.05, 4.69) is 10.3 Å². The minimum Gasteiger partial charge on any atom is -0.493 e. The van der Waals surface area contributed by atoms with Gasteiger partial charge >= 0.3 is 5.97 Å². The Morgan fingerprint density at radius 2 is 2.07 bits per heavy atom. The average molecular weight is 415 g/mol. The van der Waals surface area contributed by atoms with Crippen molar-refractivity contribution < 1.29 is 23.9 Å². The van der Waals surface area contributed by atoms with Gasteiger partial charge in [0, 0.05) is 12.1 Å². The first-order chi connectivity index (χ1) is 14.5. The number of anilines is 1. The Kier molecular flexibility index (Phi) is 8.61. The van der Waals surface area contributed by atoms with Crippen LogP contribution >= 0.6 is 0 Å². The third kappa shape index (κ3) is 6.77. The molecule has 0 saturated carbocycles. The van der Waals surface area contributed by atoms with Gasteiger partial charge in [0.1, 0.15) is 18.6 Å². The summed E-state index contributed by atoms with van der Waals surface area (Å²) in [4.78, 5) is 26.2. The van der Waals surface area contributed by atoms with E-state index in [1.807, 2.05) is 19.9 Å². The predicted molar refractivity (Wildman–Crippen MR) is 113 cm³/mol. The lowest BCUT2D eigenvalue weighted by Gasteiger charge is -2.17. The fraction of sp³-hybridized carbons (Fsp3) is 0.333. The molecule has 1 unspecified atom stereocenters. The van der Waals surface area contributed by atoms with Crippen molar-refractivity contribution in [3.8, 4) is 11.5 Å². The molecule has 0 fully saturated rings. The summed E-state index contributed by atoms with van der Waals surface area (Å²) in [6.45, 7) is 4.48. The van der Waals surface area contributed by atoms with Crippen LogP contribution in [0.2, 0.25) is 0 Å². The quantitative estimate of drug-likeness (QED) is 0.255. The van der Waals surface area contributed by atoms with E-state index in [4.69, 9.17) is 14.2 Å². The first-order valence-corrected chi connectivity index (χ1v) is 9.49. The first-order valence-electron chi connectivity index (χ1n) is 9.49. The first kappa shape index (κ1) is 22.7. The van der Waals surface area contributed by atoms with Crippen LogP contribution in [-0.4, -0.2) is 42.2 Å². The highest BCUT2D eigenvalue weighted by Crippen LogP contribution is 2.28. The second-order valence-electron chi connectivity index (χ2n) is 6.21. The number of carbonyl (C=O) groups is 1. The molecule has 2 rings (SSSR count). The number of aromatic nitrogens is 1. The summed E-state index contributed by atoms with van der Waals surface area (Å²) >= 11 is 0. The van der Waals surface area contributed by atoms with Gasteiger partial charge in [0.25, 0.3) is 5.69 Å². The van der Waals surface area contributed by atoms with Crippen molar-refractivity contribution in [2.75, 3.05) is 25.6 Å². The standard InChI is InChI=1S/C21H25N3O6/c1-4-16(23-20-10-8-17(13-22-20)24(26)27)14-30-21(25)11-7-15-6-9-18(29-5-2)19(12-15)28-3/h6-13,16H,4-5,14H2,1-3H3,(H,22,23)/b11-7+. The summed E-state index contributed by atoms with van der Waals surface area (Å²) in [7, 11) is 1.55. The number of benzene rings is 1. The Morgan fingerprint density at radius 1 is 1.27 bits per heavy atom. The number of hydrogen-bond donors (Lipinski definition) is 1. The van der Waals surface area contributed by atoms with Gasteiger partial charge in [-0.1, -0.05) is 13.0 Å². The molecule has 1 atom stereocenters. The molecule has 0 bridgehead atoms. The van der Waals surface area contributed by atoms with Crippen LogP contribution in [0.3, 0.4) is 0 Å². The largest absolute Gasteiger partial charge is 0.493 e. The highest BCUT2D eigenvalue weighted by atomic mass is 16.6. The summed E-state index contributed by atoms with van der Waals surface area (Å²) in [6, 6.07) is 8.06. The molecule has 1 N–H and O–H groups in total. The molecule has 1 heterocycles. The Labute approximate surface area is 174 Å². The molecule has 0 radical (unpaired) electrons. The van der Waals surface area contributed by atoms with Crippen LogP contribution in [0.1, 0.15) is 25.8 Å². The lowest BCUT2D eigenvalue weighted by atomic mass is 10.2. The zero-order valence-corrected chi connectivity index (χ0v) is 17.2. The molecule has 9 heteroatoms. The number of methoxy groups -OCH3 is 1. The summed E-state index contributed by atoms with van der Waals surface area (Å²) in [5.74, 6) is 1.20. The number of ether oxygens (including phenoxy) is 3. The van der Waals surface area contributed by atoms with E-state index in [1.54, 1.807) is 25.3 Å². The van der Waals surface area contributed by atoms with Crippen molar-refractivity contribution in [2.45, 2.75) is 26.3 Å². The number of nitro groups is 1. The molecule has 9 nitrogen and oxygen atoms in total. The van der Waals surface area contributed by atoms with E-state index >= 15 is 0 Å². The second kappa shape index (κ2) is 11.4. The molecule has 0 spiro atoms. The maximum Gasteiger partial charge on any atom is 0.330 e. The zero-order chi connectivity index (χ0) is 21.9. The number of rotatable bonds is 11. The smallest absolute Gasteiger partial charge is 0.330 e. The third-order valence-electron chi connectivity index (χ3n) is 4.13. The van der Waals surface area contributed by atoms with Crippen LogP contribution in [0, 0.1) is 10.1 Å². The number of carbonyl (C=O) groups excluding carboxylic acids is 1. The summed E-state index contributed by atoms with van der Waals surface area (Å²) in [6.07, 6.45) is 4.82. The Morgan fingerprint density at radius 3 is 2.67 bits per heavy atom. The van der Waals surface area contributed by atoms with Gasteiger partial charge in [-0.2, -0.15) is 0 Å². The molecule has 30 heavy (non-hydrogen) atoms. The molecule has 0 amide bonds. The lowest BCUT2D eigenvalue weighted by Crippen LogP contribution is -2.26. The molecule has 0 aliphatic carbocycles. The number of hydrogen-bond acceptors (Lipinski definition) is 8. The van der Waals surface area contributed by atoms with Gasteiger partial charge < -0.3 is 19.5 Å². The molecular weight excluding hydrogens is 390 g/mol. The van der Waals surface area contributed by atoms with Crippen molar-refractivity contribution in [3.63, 3.8) is 0 Å². The fourth-order valence-electron chi connectivity index (χ4n) is 2.51. The van der Waals surface area contributed by atoms with Crippen LogP contribution in [0.5, 0.6) is 11.5 Å². The van der Waals surface area contributed by atoms with Crippen LogP contribution in [0.4, 0.5) is 11.5 Å². The van der Waals surface area contributed by atoms with Crippen LogP contribution < -0.4 is 14.8 Å². The molecule has 0 saturated heterocycles. The Balaban J connectivity index is 1.89. The van der Waals surface area contributed by atoms with Gasteiger partial charge in [0.2, 0.25) is 0 Å². The van der Waals surface area contributed by atoms with E-state index < -0.39 is 10.9 Å². The molecule has 1 aromatic heterocycles. The Hall–Kier alpha value is -3.62. The molecule has 0 aliphatic rings. The minimum absolute atomic E-state index is 0.0870. The maximum atomic E-state index is 12.0. The SMILES string of the molecule is CCOc1ccc(/C=C/C(=O)OCC(CC)Nc2ccc([N+](=O)[O-])cn2)cc1OC. The normalized spacial score (nSPS) is 11.7. The van der Waals surface area contributed by atoms with E-state index in [9.17, 15) is 14.9 Å². The molecular formula is C21H25N3O6. The highest BCUT2D eigenvalue weighted by Gasteiger charge is 2.11. The van der Waals surface area contributed by atoms with Crippen LogP contribution in [0.15, 0.2) is 42.6 Å². The van der Waals surface area contributed by atoms with E-state index in [0.29, 0.717) is 30.3 Å². The van der Waals surface area contributed by atoms with Crippen LogP contribution in [0.25, 0.3) is 6.08 Å². The molecule has 1 aromatic carbocycles.